The molecule has 0 bridgehead atoms. The number of aliphatic carboxylic acids is 1. The Hall–Kier alpha value is -1.37. The first-order chi connectivity index (χ1) is 7.36. The second kappa shape index (κ2) is 4.65. The molecule has 1 aromatic rings. The zero-order valence-corrected chi connectivity index (χ0v) is 9.07. The molecule has 1 atom stereocenters. The Morgan fingerprint density at radius 2 is 1.88 bits per heavy atom. The molecule has 1 unspecified atom stereocenters. The number of nitro benzene ring substituents is 1. The summed E-state index contributed by atoms with van der Waals surface area (Å²) in [7, 11) is 0. The summed E-state index contributed by atoms with van der Waals surface area (Å²) in [6.07, 6.45) is -2.09. The van der Waals surface area contributed by atoms with Crippen LogP contribution in [0.5, 0.6) is 0 Å². The van der Waals surface area contributed by atoms with Crippen molar-refractivity contribution in [3.05, 3.63) is 37.9 Å². The second-order valence-corrected chi connectivity index (χ2v) is 3.60. The van der Waals surface area contributed by atoms with Gasteiger partial charge in [0.1, 0.15) is 5.02 Å². The highest BCUT2D eigenvalue weighted by Gasteiger charge is 2.31. The van der Waals surface area contributed by atoms with E-state index in [1.165, 1.54) is 6.07 Å². The summed E-state index contributed by atoms with van der Waals surface area (Å²) < 4.78 is 0. The highest BCUT2D eigenvalue weighted by molar-refractivity contribution is 6.35. The van der Waals surface area contributed by atoms with Gasteiger partial charge >= 0.3 is 5.97 Å². The lowest BCUT2D eigenvalue weighted by Gasteiger charge is -2.09. The summed E-state index contributed by atoms with van der Waals surface area (Å²) in [5.74, 6) is -1.65. The van der Waals surface area contributed by atoms with E-state index in [2.05, 4.69) is 0 Å². The molecule has 0 spiro atoms. The zero-order valence-electron chi connectivity index (χ0n) is 7.55. The molecular formula is C8H5Cl2NO5. The minimum Gasteiger partial charge on any atom is -0.479 e. The molecule has 16 heavy (non-hydrogen) atoms. The number of carboxylic acid groups (broad SMARTS) is 1. The van der Waals surface area contributed by atoms with Crippen molar-refractivity contribution in [3.63, 3.8) is 0 Å². The maximum Gasteiger partial charge on any atom is 0.337 e. The fourth-order valence-corrected chi connectivity index (χ4v) is 1.62. The standard InChI is InChI=1S/C8H5Cl2NO5/c9-3-1-2-4(10)6(11(15)16)5(3)7(12)8(13)14/h1-2,7,12H,(H,13,14). The summed E-state index contributed by atoms with van der Waals surface area (Å²) in [6, 6.07) is 2.33. The van der Waals surface area contributed by atoms with Crippen LogP contribution >= 0.6 is 23.2 Å². The average Bonchev–Trinajstić information content (AvgIpc) is 2.19. The van der Waals surface area contributed by atoms with Crippen molar-refractivity contribution in [2.75, 3.05) is 0 Å². The summed E-state index contributed by atoms with van der Waals surface area (Å²) in [5.41, 5.74) is -1.23. The average molecular weight is 266 g/mol. The van der Waals surface area contributed by atoms with E-state index in [1.807, 2.05) is 0 Å². The van der Waals surface area contributed by atoms with Crippen LogP contribution in [0.25, 0.3) is 0 Å². The van der Waals surface area contributed by atoms with Gasteiger partial charge in [0, 0.05) is 0 Å². The van der Waals surface area contributed by atoms with Gasteiger partial charge in [-0.1, -0.05) is 23.2 Å². The largest absolute Gasteiger partial charge is 0.479 e. The number of carboxylic acids is 1. The SMILES string of the molecule is O=C(O)C(O)c1c(Cl)ccc(Cl)c1[N+](=O)[O-]. The van der Waals surface area contributed by atoms with Gasteiger partial charge in [0.05, 0.1) is 15.5 Å². The molecule has 0 aliphatic carbocycles. The van der Waals surface area contributed by atoms with Crippen LogP contribution in [0.4, 0.5) is 5.69 Å². The van der Waals surface area contributed by atoms with Gasteiger partial charge in [-0.25, -0.2) is 4.79 Å². The van der Waals surface area contributed by atoms with E-state index in [1.54, 1.807) is 0 Å². The lowest BCUT2D eigenvalue weighted by molar-refractivity contribution is -0.385. The number of hydrogen-bond donors (Lipinski definition) is 2. The molecule has 0 aromatic heterocycles. The van der Waals surface area contributed by atoms with Crippen LogP contribution in [0.3, 0.4) is 0 Å². The van der Waals surface area contributed by atoms with E-state index < -0.39 is 28.2 Å². The molecule has 0 amide bonds. The van der Waals surface area contributed by atoms with Gasteiger partial charge in [0.15, 0.2) is 6.10 Å². The summed E-state index contributed by atoms with van der Waals surface area (Å²) >= 11 is 11.1. The van der Waals surface area contributed by atoms with Crippen molar-refractivity contribution >= 4 is 34.9 Å². The van der Waals surface area contributed by atoms with E-state index in [0.29, 0.717) is 0 Å². The van der Waals surface area contributed by atoms with E-state index in [0.717, 1.165) is 6.07 Å². The van der Waals surface area contributed by atoms with Crippen LogP contribution in [0.1, 0.15) is 11.7 Å². The maximum atomic E-state index is 10.7. The van der Waals surface area contributed by atoms with Gasteiger partial charge in [-0.2, -0.15) is 0 Å². The third-order valence-electron chi connectivity index (χ3n) is 1.80. The van der Waals surface area contributed by atoms with Crippen molar-refractivity contribution < 1.29 is 19.9 Å². The van der Waals surface area contributed by atoms with Gasteiger partial charge in [0.25, 0.3) is 5.69 Å². The molecule has 8 heteroatoms. The Morgan fingerprint density at radius 3 is 2.31 bits per heavy atom. The highest BCUT2D eigenvalue weighted by atomic mass is 35.5. The number of nitro groups is 1. The summed E-state index contributed by atoms with van der Waals surface area (Å²) in [5, 5.41) is 28.0. The van der Waals surface area contributed by atoms with Crippen LogP contribution in [0.15, 0.2) is 12.1 Å². The van der Waals surface area contributed by atoms with Crippen LogP contribution in [-0.2, 0) is 4.79 Å². The monoisotopic (exact) mass is 265 g/mol. The Balaban J connectivity index is 3.52. The molecule has 0 radical (unpaired) electrons. The van der Waals surface area contributed by atoms with Crippen molar-refractivity contribution in [3.8, 4) is 0 Å². The van der Waals surface area contributed by atoms with Crippen LogP contribution in [-0.4, -0.2) is 21.1 Å². The third-order valence-corrected chi connectivity index (χ3v) is 2.44. The Kier molecular flexibility index (Phi) is 3.69. The lowest BCUT2D eigenvalue weighted by atomic mass is 10.1. The highest BCUT2D eigenvalue weighted by Crippen LogP contribution is 2.37. The number of nitrogens with zero attached hydrogens (tertiary/aromatic N) is 1. The van der Waals surface area contributed by atoms with Crippen LogP contribution < -0.4 is 0 Å². The molecule has 0 heterocycles. The second-order valence-electron chi connectivity index (χ2n) is 2.79. The van der Waals surface area contributed by atoms with Gasteiger partial charge in [-0.05, 0) is 12.1 Å². The number of hydrogen-bond acceptors (Lipinski definition) is 4. The molecule has 2 N–H and O–H groups in total. The first-order valence-corrected chi connectivity index (χ1v) is 4.65. The van der Waals surface area contributed by atoms with Crippen LogP contribution in [0.2, 0.25) is 10.0 Å². The molecule has 0 aliphatic rings. The normalized spacial score (nSPS) is 12.2. The molecule has 86 valence electrons. The predicted molar refractivity (Wildman–Crippen MR) is 55.7 cm³/mol. The van der Waals surface area contributed by atoms with Gasteiger partial charge < -0.3 is 10.2 Å². The van der Waals surface area contributed by atoms with Crippen molar-refractivity contribution in [1.29, 1.82) is 0 Å². The van der Waals surface area contributed by atoms with Crippen molar-refractivity contribution in [2.45, 2.75) is 6.10 Å². The molecule has 0 aliphatic heterocycles. The summed E-state index contributed by atoms with van der Waals surface area (Å²) in [6.45, 7) is 0. The molecule has 0 fully saturated rings. The van der Waals surface area contributed by atoms with Gasteiger partial charge in [-0.15, -0.1) is 0 Å². The molecule has 1 aromatic carbocycles. The number of halogens is 2. The van der Waals surface area contributed by atoms with Crippen LogP contribution in [0, 0.1) is 10.1 Å². The number of benzene rings is 1. The number of aliphatic hydroxyl groups is 1. The number of aliphatic hydroxyl groups excluding tert-OH is 1. The Morgan fingerprint density at radius 1 is 1.38 bits per heavy atom. The van der Waals surface area contributed by atoms with Gasteiger partial charge in [0.2, 0.25) is 0 Å². The predicted octanol–water partition coefficient (Wildman–Crippen LogP) is 2.02. The first-order valence-electron chi connectivity index (χ1n) is 3.89. The quantitative estimate of drug-likeness (QED) is 0.643. The van der Waals surface area contributed by atoms with E-state index in [9.17, 15) is 20.0 Å². The Bertz CT molecular complexity index is 462. The van der Waals surface area contributed by atoms with Crippen molar-refractivity contribution in [1.82, 2.24) is 0 Å². The topological polar surface area (TPSA) is 101 Å². The Labute approximate surface area is 99.2 Å². The van der Waals surface area contributed by atoms with E-state index in [4.69, 9.17) is 28.3 Å². The molecular weight excluding hydrogens is 261 g/mol. The molecule has 0 saturated carbocycles. The summed E-state index contributed by atoms with van der Waals surface area (Å²) in [4.78, 5) is 20.4. The number of rotatable bonds is 3. The maximum absolute atomic E-state index is 10.7. The third kappa shape index (κ3) is 2.24. The molecule has 1 rings (SSSR count). The molecule has 0 saturated heterocycles. The molecule has 6 nitrogen and oxygen atoms in total. The minimum atomic E-state index is -2.09. The minimum absolute atomic E-state index is 0.231. The first kappa shape index (κ1) is 12.7. The van der Waals surface area contributed by atoms with E-state index in [-0.39, 0.29) is 10.0 Å². The van der Waals surface area contributed by atoms with Crippen molar-refractivity contribution in [2.24, 2.45) is 0 Å². The number of carbonyl (C=O) groups is 1. The fraction of sp³-hybridized carbons (Fsp3) is 0.125. The van der Waals surface area contributed by atoms with E-state index >= 15 is 0 Å². The van der Waals surface area contributed by atoms with Gasteiger partial charge in [-0.3, -0.25) is 10.1 Å². The zero-order chi connectivity index (χ0) is 12.5. The smallest absolute Gasteiger partial charge is 0.337 e. The fourth-order valence-electron chi connectivity index (χ4n) is 1.13. The lowest BCUT2D eigenvalue weighted by Crippen LogP contribution is -2.13.